The average Bonchev–Trinajstić information content (AvgIpc) is 2.91. The second-order valence-corrected chi connectivity index (χ2v) is 7.07. The minimum absolute atomic E-state index is 0.626. The second kappa shape index (κ2) is 6.93. The molecule has 22 heavy (non-hydrogen) atoms. The summed E-state index contributed by atoms with van der Waals surface area (Å²) in [6, 6.07) is 2.73. The Morgan fingerprint density at radius 2 is 1.73 bits per heavy atom. The predicted molar refractivity (Wildman–Crippen MR) is 87.6 cm³/mol. The van der Waals surface area contributed by atoms with Gasteiger partial charge in [0.05, 0.1) is 0 Å². The zero-order chi connectivity index (χ0) is 15.5. The van der Waals surface area contributed by atoms with Crippen LogP contribution in [0, 0.1) is 23.5 Å². The summed E-state index contributed by atoms with van der Waals surface area (Å²) >= 11 is 0. The molecule has 0 bridgehead atoms. The normalized spacial score (nSPS) is 24.2. The highest BCUT2D eigenvalue weighted by Crippen LogP contribution is 2.40. The highest BCUT2D eigenvalue weighted by Gasteiger charge is 2.26. The third-order valence-electron chi connectivity index (χ3n) is 5.50. The molecule has 0 atom stereocenters. The third-order valence-corrected chi connectivity index (χ3v) is 5.50. The molecule has 1 fully saturated rings. The molecule has 1 aromatic carbocycles. The van der Waals surface area contributed by atoms with E-state index in [2.05, 4.69) is 13.0 Å². The van der Waals surface area contributed by atoms with Crippen LogP contribution in [-0.4, -0.2) is 0 Å². The number of hydrogen-bond acceptors (Lipinski definition) is 0. The molecular weight excluding hydrogens is 278 g/mol. The Kier molecular flexibility index (Phi) is 4.95. The van der Waals surface area contributed by atoms with E-state index in [0.717, 1.165) is 23.5 Å². The van der Waals surface area contributed by atoms with Crippen molar-refractivity contribution in [3.05, 3.63) is 40.5 Å². The van der Waals surface area contributed by atoms with Crippen LogP contribution in [0.5, 0.6) is 0 Å². The highest BCUT2D eigenvalue weighted by atomic mass is 19.2. The Labute approximate surface area is 132 Å². The lowest BCUT2D eigenvalue weighted by Gasteiger charge is -2.29. The summed E-state index contributed by atoms with van der Waals surface area (Å²) in [6.07, 6.45) is 13.5. The maximum Gasteiger partial charge on any atom is 0.159 e. The monoisotopic (exact) mass is 304 g/mol. The van der Waals surface area contributed by atoms with Crippen molar-refractivity contribution in [3.8, 4) is 0 Å². The summed E-state index contributed by atoms with van der Waals surface area (Å²) < 4.78 is 26.7. The van der Waals surface area contributed by atoms with Crippen molar-refractivity contribution in [2.75, 3.05) is 0 Å². The van der Waals surface area contributed by atoms with Gasteiger partial charge in [0.1, 0.15) is 0 Å². The number of benzene rings is 1. The Morgan fingerprint density at radius 3 is 2.45 bits per heavy atom. The molecule has 2 heteroatoms. The van der Waals surface area contributed by atoms with Crippen LogP contribution in [-0.2, 0) is 6.42 Å². The molecule has 0 aliphatic heterocycles. The Hall–Kier alpha value is -1.18. The first kappa shape index (κ1) is 15.7. The van der Waals surface area contributed by atoms with E-state index in [1.54, 1.807) is 0 Å². The molecule has 0 aromatic heterocycles. The first-order valence-corrected chi connectivity index (χ1v) is 8.85. The fourth-order valence-corrected chi connectivity index (χ4v) is 4.13. The molecule has 0 unspecified atom stereocenters. The van der Waals surface area contributed by atoms with Gasteiger partial charge in [0.2, 0.25) is 0 Å². The van der Waals surface area contributed by atoms with E-state index in [-0.39, 0.29) is 0 Å². The molecule has 120 valence electrons. The van der Waals surface area contributed by atoms with Crippen LogP contribution in [0.4, 0.5) is 8.78 Å². The van der Waals surface area contributed by atoms with Gasteiger partial charge in [0.15, 0.2) is 11.6 Å². The zero-order valence-corrected chi connectivity index (χ0v) is 13.5. The van der Waals surface area contributed by atoms with E-state index in [1.807, 2.05) is 0 Å². The summed E-state index contributed by atoms with van der Waals surface area (Å²) in [7, 11) is 0. The predicted octanol–water partition coefficient (Wildman–Crippen LogP) is 6.29. The quantitative estimate of drug-likeness (QED) is 0.561. The van der Waals surface area contributed by atoms with Crippen LogP contribution in [0.25, 0.3) is 6.08 Å². The summed E-state index contributed by atoms with van der Waals surface area (Å²) in [5, 5.41) is 0. The van der Waals surface area contributed by atoms with Gasteiger partial charge in [-0.05, 0) is 67.2 Å². The zero-order valence-electron chi connectivity index (χ0n) is 13.5. The Morgan fingerprint density at radius 1 is 1.00 bits per heavy atom. The highest BCUT2D eigenvalue weighted by molar-refractivity contribution is 5.64. The number of halogens is 2. The van der Waals surface area contributed by atoms with Gasteiger partial charge >= 0.3 is 0 Å². The summed E-state index contributed by atoms with van der Waals surface area (Å²) in [6.45, 7) is 2.26. The Bertz CT molecular complexity index is 551. The van der Waals surface area contributed by atoms with Gasteiger partial charge in [-0.25, -0.2) is 8.78 Å². The molecule has 2 aliphatic carbocycles. The smallest absolute Gasteiger partial charge is 0.159 e. The van der Waals surface area contributed by atoms with Crippen molar-refractivity contribution in [1.29, 1.82) is 0 Å². The fourth-order valence-electron chi connectivity index (χ4n) is 4.13. The van der Waals surface area contributed by atoms with Gasteiger partial charge in [-0.2, -0.15) is 0 Å². The third kappa shape index (κ3) is 3.42. The first-order chi connectivity index (χ1) is 10.7. The fraction of sp³-hybridized carbons (Fsp3) is 0.600. The van der Waals surface area contributed by atoms with Crippen molar-refractivity contribution in [3.63, 3.8) is 0 Å². The topological polar surface area (TPSA) is 0 Å². The van der Waals surface area contributed by atoms with Crippen LogP contribution in [0.2, 0.25) is 0 Å². The van der Waals surface area contributed by atoms with Crippen LogP contribution in [0.15, 0.2) is 17.7 Å². The number of unbranched alkanes of at least 4 members (excludes halogenated alkanes) is 2. The average molecular weight is 304 g/mol. The van der Waals surface area contributed by atoms with Crippen molar-refractivity contribution in [1.82, 2.24) is 0 Å². The lowest BCUT2D eigenvalue weighted by atomic mass is 9.76. The van der Waals surface area contributed by atoms with Gasteiger partial charge in [-0.3, -0.25) is 0 Å². The van der Waals surface area contributed by atoms with Gasteiger partial charge in [-0.15, -0.1) is 0 Å². The van der Waals surface area contributed by atoms with E-state index in [1.165, 1.54) is 69.1 Å². The standard InChI is InChI=1S/C20H26F2/c1-2-3-4-5-14-6-8-15(9-7-14)16-10-17-12-19(21)20(22)13-18(17)11-16/h10,12-15H,2-9,11H2,1H3. The number of rotatable bonds is 5. The van der Waals surface area contributed by atoms with E-state index < -0.39 is 11.6 Å². The van der Waals surface area contributed by atoms with E-state index in [0.29, 0.717) is 5.92 Å². The van der Waals surface area contributed by atoms with Crippen LogP contribution < -0.4 is 0 Å². The maximum absolute atomic E-state index is 13.3. The molecule has 0 saturated heterocycles. The lowest BCUT2D eigenvalue weighted by Crippen LogP contribution is -2.16. The van der Waals surface area contributed by atoms with Gasteiger partial charge < -0.3 is 0 Å². The number of allylic oxidation sites excluding steroid dienone is 1. The minimum atomic E-state index is -0.726. The van der Waals surface area contributed by atoms with Gasteiger partial charge in [0, 0.05) is 0 Å². The molecule has 0 radical (unpaired) electrons. The number of hydrogen-bond donors (Lipinski definition) is 0. The lowest BCUT2D eigenvalue weighted by molar-refractivity contribution is 0.281. The molecule has 0 amide bonds. The largest absolute Gasteiger partial charge is 0.204 e. The van der Waals surface area contributed by atoms with E-state index in [4.69, 9.17) is 0 Å². The van der Waals surface area contributed by atoms with Crippen LogP contribution in [0.3, 0.4) is 0 Å². The Balaban J connectivity index is 1.56. The van der Waals surface area contributed by atoms with Crippen LogP contribution >= 0.6 is 0 Å². The van der Waals surface area contributed by atoms with Crippen molar-refractivity contribution in [2.45, 2.75) is 64.7 Å². The van der Waals surface area contributed by atoms with E-state index in [9.17, 15) is 8.78 Å². The molecular formula is C20H26F2. The molecule has 0 heterocycles. The molecule has 1 saturated carbocycles. The summed E-state index contributed by atoms with van der Waals surface area (Å²) in [4.78, 5) is 0. The van der Waals surface area contributed by atoms with Crippen molar-refractivity contribution < 1.29 is 8.78 Å². The van der Waals surface area contributed by atoms with Gasteiger partial charge in [-0.1, -0.05) is 44.3 Å². The molecule has 0 N–H and O–H groups in total. The molecule has 3 rings (SSSR count). The molecule has 2 aliphatic rings. The SMILES string of the molecule is CCCCCC1CCC(C2=Cc3cc(F)c(F)cc3C2)CC1. The summed E-state index contributed by atoms with van der Waals surface area (Å²) in [5.41, 5.74) is 3.24. The first-order valence-electron chi connectivity index (χ1n) is 8.85. The van der Waals surface area contributed by atoms with Gasteiger partial charge in [0.25, 0.3) is 0 Å². The van der Waals surface area contributed by atoms with E-state index >= 15 is 0 Å². The van der Waals surface area contributed by atoms with Crippen molar-refractivity contribution >= 4 is 6.08 Å². The molecule has 1 aromatic rings. The van der Waals surface area contributed by atoms with Crippen LogP contribution in [0.1, 0.15) is 69.4 Å². The van der Waals surface area contributed by atoms with Crippen molar-refractivity contribution in [2.24, 2.45) is 11.8 Å². The molecule has 0 nitrogen and oxygen atoms in total. The molecule has 0 spiro atoms. The minimum Gasteiger partial charge on any atom is -0.204 e. The second-order valence-electron chi connectivity index (χ2n) is 7.07. The number of fused-ring (bicyclic) bond motifs is 1. The summed E-state index contributed by atoms with van der Waals surface area (Å²) in [5.74, 6) is 0.0897. The maximum atomic E-state index is 13.3.